The molecule has 1 fully saturated rings. The average molecular weight is 212 g/mol. The van der Waals surface area contributed by atoms with Crippen molar-refractivity contribution in [2.24, 2.45) is 0 Å². The molecule has 84 valence electrons. The number of halogens is 3. The Morgan fingerprint density at radius 3 is 2.14 bits per heavy atom. The highest BCUT2D eigenvalue weighted by Gasteiger charge is 2.55. The summed E-state index contributed by atoms with van der Waals surface area (Å²) in [6.45, 7) is -0.600. The Hall–Kier alpha value is -0.290. The van der Waals surface area contributed by atoms with Crippen molar-refractivity contribution >= 4 is 0 Å². The maximum Gasteiger partial charge on any atom is 0.417 e. The maximum atomic E-state index is 12.7. The van der Waals surface area contributed by atoms with Gasteiger partial charge in [-0.15, -0.1) is 0 Å². The van der Waals surface area contributed by atoms with Gasteiger partial charge >= 0.3 is 6.18 Å². The lowest BCUT2D eigenvalue weighted by atomic mass is 9.84. The minimum atomic E-state index is -4.32. The van der Waals surface area contributed by atoms with Crippen molar-refractivity contribution in [1.82, 2.24) is 0 Å². The van der Waals surface area contributed by atoms with Gasteiger partial charge in [0.1, 0.15) is 0 Å². The third kappa shape index (κ3) is 2.39. The highest BCUT2D eigenvalue weighted by Crippen LogP contribution is 2.44. The highest BCUT2D eigenvalue weighted by molar-refractivity contribution is 4.91. The standard InChI is InChI=1S/C9H15F3O2/c10-9(11,12)8(14-7-6-13)4-2-1-3-5-8/h13H,1-7H2. The molecule has 0 amide bonds. The highest BCUT2D eigenvalue weighted by atomic mass is 19.4. The fraction of sp³-hybridized carbons (Fsp3) is 1.00. The van der Waals surface area contributed by atoms with Crippen molar-refractivity contribution in [3.8, 4) is 0 Å². The number of aliphatic hydroxyl groups is 1. The smallest absolute Gasteiger partial charge is 0.394 e. The van der Waals surface area contributed by atoms with Crippen molar-refractivity contribution < 1.29 is 23.0 Å². The second-order valence-electron chi connectivity index (χ2n) is 3.62. The van der Waals surface area contributed by atoms with Crippen molar-refractivity contribution in [3.63, 3.8) is 0 Å². The first-order valence-corrected chi connectivity index (χ1v) is 4.83. The van der Waals surface area contributed by atoms with Crippen LogP contribution in [0.2, 0.25) is 0 Å². The molecule has 1 saturated carbocycles. The van der Waals surface area contributed by atoms with Crippen LogP contribution in [0, 0.1) is 0 Å². The first-order valence-electron chi connectivity index (χ1n) is 4.83. The molecule has 1 aliphatic rings. The topological polar surface area (TPSA) is 29.5 Å². The van der Waals surface area contributed by atoms with Crippen molar-refractivity contribution in [2.45, 2.75) is 43.9 Å². The summed E-state index contributed by atoms with van der Waals surface area (Å²) in [5.41, 5.74) is -1.99. The van der Waals surface area contributed by atoms with Crippen molar-refractivity contribution in [1.29, 1.82) is 0 Å². The summed E-state index contributed by atoms with van der Waals surface area (Å²) in [5.74, 6) is 0. The molecule has 14 heavy (non-hydrogen) atoms. The molecule has 0 unspecified atom stereocenters. The van der Waals surface area contributed by atoms with Crippen molar-refractivity contribution in [2.75, 3.05) is 13.2 Å². The molecule has 5 heteroatoms. The summed E-state index contributed by atoms with van der Waals surface area (Å²) in [6.07, 6.45) is -2.34. The lowest BCUT2D eigenvalue weighted by Gasteiger charge is -2.38. The fourth-order valence-electron chi connectivity index (χ4n) is 1.87. The van der Waals surface area contributed by atoms with Crippen LogP contribution >= 0.6 is 0 Å². The van der Waals surface area contributed by atoms with E-state index in [1.165, 1.54) is 0 Å². The van der Waals surface area contributed by atoms with Gasteiger partial charge in [0, 0.05) is 0 Å². The SMILES string of the molecule is OCCOC1(C(F)(F)F)CCCCC1. The van der Waals surface area contributed by atoms with Crippen LogP contribution in [0.15, 0.2) is 0 Å². The summed E-state index contributed by atoms with van der Waals surface area (Å²) < 4.78 is 42.9. The molecule has 0 bridgehead atoms. The number of hydrogen-bond acceptors (Lipinski definition) is 2. The molecule has 1 rings (SSSR count). The number of ether oxygens (including phenoxy) is 1. The second-order valence-corrected chi connectivity index (χ2v) is 3.62. The predicted octanol–water partition coefficient (Wildman–Crippen LogP) is 2.26. The van der Waals surface area contributed by atoms with Gasteiger partial charge < -0.3 is 9.84 Å². The molecule has 1 N–H and O–H groups in total. The Balaban J connectivity index is 2.67. The van der Waals surface area contributed by atoms with E-state index in [1.807, 2.05) is 0 Å². The molecule has 0 radical (unpaired) electrons. The first kappa shape index (κ1) is 11.8. The number of aliphatic hydroxyl groups excluding tert-OH is 1. The van der Waals surface area contributed by atoms with E-state index in [0.29, 0.717) is 12.8 Å². The molecule has 0 saturated heterocycles. The summed E-state index contributed by atoms with van der Waals surface area (Å²) in [6, 6.07) is 0. The zero-order chi connectivity index (χ0) is 10.7. The Kier molecular flexibility index (Phi) is 3.78. The molecule has 0 aliphatic heterocycles. The quantitative estimate of drug-likeness (QED) is 0.777. The largest absolute Gasteiger partial charge is 0.417 e. The lowest BCUT2D eigenvalue weighted by Crippen LogP contribution is -2.49. The van der Waals surface area contributed by atoms with Gasteiger partial charge in [0.15, 0.2) is 5.60 Å². The summed E-state index contributed by atoms with van der Waals surface area (Å²) in [7, 11) is 0. The first-order chi connectivity index (χ1) is 6.52. The van der Waals surface area contributed by atoms with Gasteiger partial charge in [0.2, 0.25) is 0 Å². The fourth-order valence-corrected chi connectivity index (χ4v) is 1.87. The van der Waals surface area contributed by atoms with Gasteiger partial charge in [-0.3, -0.25) is 0 Å². The Bertz CT molecular complexity index is 173. The monoisotopic (exact) mass is 212 g/mol. The minimum absolute atomic E-state index is 0.0243. The van der Waals surface area contributed by atoms with Gasteiger partial charge in [-0.25, -0.2) is 0 Å². The van der Waals surface area contributed by atoms with E-state index >= 15 is 0 Å². The molecule has 0 aromatic heterocycles. The third-order valence-electron chi connectivity index (χ3n) is 2.65. The van der Waals surface area contributed by atoms with Crippen LogP contribution in [0.4, 0.5) is 13.2 Å². The van der Waals surface area contributed by atoms with Crippen LogP contribution in [0.1, 0.15) is 32.1 Å². The van der Waals surface area contributed by atoms with Gasteiger partial charge in [-0.2, -0.15) is 13.2 Å². The average Bonchev–Trinajstić information content (AvgIpc) is 2.14. The second kappa shape index (κ2) is 4.49. The number of hydrogen-bond donors (Lipinski definition) is 1. The number of alkyl halides is 3. The van der Waals surface area contributed by atoms with Crippen LogP contribution in [-0.2, 0) is 4.74 Å². The Morgan fingerprint density at radius 1 is 1.14 bits per heavy atom. The molecule has 1 aliphatic carbocycles. The molecule has 0 atom stereocenters. The molecule has 0 aromatic rings. The molecule has 2 nitrogen and oxygen atoms in total. The predicted molar refractivity (Wildman–Crippen MR) is 44.9 cm³/mol. The Labute approximate surface area is 81.1 Å². The van der Waals surface area contributed by atoms with Crippen LogP contribution in [0.5, 0.6) is 0 Å². The van der Waals surface area contributed by atoms with Gasteiger partial charge in [-0.1, -0.05) is 19.3 Å². The Morgan fingerprint density at radius 2 is 1.71 bits per heavy atom. The van der Waals surface area contributed by atoms with E-state index in [9.17, 15) is 13.2 Å². The van der Waals surface area contributed by atoms with Gasteiger partial charge in [0.25, 0.3) is 0 Å². The molecular formula is C9H15F3O2. The normalized spacial score (nSPS) is 22.3. The van der Waals surface area contributed by atoms with Gasteiger partial charge in [-0.05, 0) is 12.8 Å². The van der Waals surface area contributed by atoms with Gasteiger partial charge in [0.05, 0.1) is 13.2 Å². The van der Waals surface area contributed by atoms with Crippen molar-refractivity contribution in [3.05, 3.63) is 0 Å². The van der Waals surface area contributed by atoms with E-state index in [4.69, 9.17) is 9.84 Å². The number of rotatable bonds is 3. The zero-order valence-electron chi connectivity index (χ0n) is 7.94. The van der Waals surface area contributed by atoms with Crippen LogP contribution in [0.25, 0.3) is 0 Å². The summed E-state index contributed by atoms with van der Waals surface area (Å²) in [5, 5.41) is 8.48. The van der Waals surface area contributed by atoms with Crippen LogP contribution in [-0.4, -0.2) is 30.1 Å². The lowest BCUT2D eigenvalue weighted by molar-refractivity contribution is -0.289. The minimum Gasteiger partial charge on any atom is -0.394 e. The third-order valence-corrected chi connectivity index (χ3v) is 2.65. The molecule has 0 heterocycles. The van der Waals surface area contributed by atoms with E-state index < -0.39 is 11.8 Å². The summed E-state index contributed by atoms with van der Waals surface area (Å²) >= 11 is 0. The molecule has 0 aromatic carbocycles. The van der Waals surface area contributed by atoms with E-state index in [1.54, 1.807) is 0 Å². The zero-order valence-corrected chi connectivity index (χ0v) is 7.94. The van der Waals surface area contributed by atoms with Crippen LogP contribution < -0.4 is 0 Å². The maximum absolute atomic E-state index is 12.7. The van der Waals surface area contributed by atoms with Crippen LogP contribution in [0.3, 0.4) is 0 Å². The van der Waals surface area contributed by atoms with E-state index in [-0.39, 0.29) is 26.1 Å². The van der Waals surface area contributed by atoms with E-state index in [0.717, 1.165) is 6.42 Å². The summed E-state index contributed by atoms with van der Waals surface area (Å²) in [4.78, 5) is 0. The molecule has 0 spiro atoms. The van der Waals surface area contributed by atoms with E-state index in [2.05, 4.69) is 0 Å². The molecular weight excluding hydrogens is 197 g/mol.